The van der Waals surface area contributed by atoms with E-state index in [2.05, 4.69) is 5.32 Å². The predicted octanol–water partition coefficient (Wildman–Crippen LogP) is 4.29. The van der Waals surface area contributed by atoms with Crippen LogP contribution in [0.4, 0.5) is 24.5 Å². The molecule has 2 aliphatic heterocycles. The van der Waals surface area contributed by atoms with E-state index in [1.165, 1.54) is 0 Å². The van der Waals surface area contributed by atoms with Gasteiger partial charge in [0.15, 0.2) is 0 Å². The number of ether oxygens (including phenoxy) is 1. The van der Waals surface area contributed by atoms with Crippen LogP contribution in [0.5, 0.6) is 0 Å². The zero-order chi connectivity index (χ0) is 22.6. The number of anilines is 1. The van der Waals surface area contributed by atoms with Gasteiger partial charge in [-0.05, 0) is 57.6 Å². The summed E-state index contributed by atoms with van der Waals surface area (Å²) in [6, 6.07) is 2.61. The molecule has 7 nitrogen and oxygen atoms in total. The summed E-state index contributed by atoms with van der Waals surface area (Å²) in [4.78, 5) is 24.8. The zero-order valence-corrected chi connectivity index (χ0v) is 17.5. The SMILES string of the molecule is CC(CCC1CCCO1)NC(=O)C1CCN(c2ccc(C(F)(F)F)cc2[N+](=O)[O-])CC1. The highest BCUT2D eigenvalue weighted by atomic mass is 19.4. The van der Waals surface area contributed by atoms with Gasteiger partial charge in [0.25, 0.3) is 5.69 Å². The molecule has 1 N–H and O–H groups in total. The van der Waals surface area contributed by atoms with Crippen LogP contribution in [0.25, 0.3) is 0 Å². The average molecular weight is 443 g/mol. The number of amides is 1. The summed E-state index contributed by atoms with van der Waals surface area (Å²) in [6.07, 6.45) is 0.516. The van der Waals surface area contributed by atoms with Gasteiger partial charge < -0.3 is 15.0 Å². The maximum Gasteiger partial charge on any atom is 0.416 e. The molecule has 0 aromatic heterocycles. The van der Waals surface area contributed by atoms with Gasteiger partial charge in [0, 0.05) is 37.7 Å². The molecule has 0 bridgehead atoms. The molecule has 0 aliphatic carbocycles. The third kappa shape index (κ3) is 6.09. The van der Waals surface area contributed by atoms with E-state index in [-0.39, 0.29) is 29.7 Å². The topological polar surface area (TPSA) is 84.7 Å². The van der Waals surface area contributed by atoms with Crippen LogP contribution in [0.15, 0.2) is 18.2 Å². The number of rotatable bonds is 7. The van der Waals surface area contributed by atoms with Crippen molar-refractivity contribution in [3.05, 3.63) is 33.9 Å². The monoisotopic (exact) mass is 443 g/mol. The van der Waals surface area contributed by atoms with Crippen molar-refractivity contribution in [2.45, 2.75) is 63.8 Å². The molecule has 2 atom stereocenters. The lowest BCUT2D eigenvalue weighted by molar-refractivity contribution is -0.384. The number of hydrogen-bond acceptors (Lipinski definition) is 5. The van der Waals surface area contributed by atoms with Gasteiger partial charge in [-0.1, -0.05) is 0 Å². The molecule has 2 heterocycles. The number of nitro benzene ring substituents is 1. The maximum absolute atomic E-state index is 12.9. The van der Waals surface area contributed by atoms with Gasteiger partial charge in [-0.2, -0.15) is 13.2 Å². The van der Waals surface area contributed by atoms with Crippen LogP contribution in [-0.2, 0) is 15.7 Å². The molecule has 10 heteroatoms. The number of nitro groups is 1. The number of piperidine rings is 1. The summed E-state index contributed by atoms with van der Waals surface area (Å²) in [5.74, 6) is -0.253. The van der Waals surface area contributed by atoms with Crippen LogP contribution in [-0.4, -0.2) is 42.7 Å². The van der Waals surface area contributed by atoms with Crippen molar-refractivity contribution >= 4 is 17.3 Å². The van der Waals surface area contributed by atoms with Gasteiger partial charge in [0.2, 0.25) is 5.91 Å². The lowest BCUT2D eigenvalue weighted by Crippen LogP contribution is -2.43. The van der Waals surface area contributed by atoms with E-state index in [4.69, 9.17) is 4.74 Å². The molecule has 1 aromatic carbocycles. The molecule has 0 saturated carbocycles. The Morgan fingerprint density at radius 2 is 2.03 bits per heavy atom. The second kappa shape index (κ2) is 9.84. The van der Waals surface area contributed by atoms with E-state index in [1.807, 2.05) is 6.92 Å². The van der Waals surface area contributed by atoms with Crippen molar-refractivity contribution in [1.29, 1.82) is 0 Å². The molecule has 31 heavy (non-hydrogen) atoms. The summed E-state index contributed by atoms with van der Waals surface area (Å²) < 4.78 is 44.3. The minimum absolute atomic E-state index is 0.0331. The number of carbonyl (C=O) groups excluding carboxylic acids is 1. The predicted molar refractivity (Wildman–Crippen MR) is 109 cm³/mol. The molecule has 3 rings (SSSR count). The fourth-order valence-corrected chi connectivity index (χ4v) is 4.24. The van der Waals surface area contributed by atoms with Crippen molar-refractivity contribution in [2.75, 3.05) is 24.6 Å². The molecule has 172 valence electrons. The van der Waals surface area contributed by atoms with Crippen LogP contribution >= 0.6 is 0 Å². The van der Waals surface area contributed by atoms with E-state index in [0.29, 0.717) is 32.0 Å². The Morgan fingerprint density at radius 1 is 1.32 bits per heavy atom. The Balaban J connectivity index is 1.54. The molecule has 2 fully saturated rings. The Hall–Kier alpha value is -2.36. The number of nitrogens with zero attached hydrogens (tertiary/aromatic N) is 2. The highest BCUT2D eigenvalue weighted by molar-refractivity contribution is 5.79. The zero-order valence-electron chi connectivity index (χ0n) is 17.5. The van der Waals surface area contributed by atoms with Crippen LogP contribution in [0.1, 0.15) is 51.0 Å². The largest absolute Gasteiger partial charge is 0.416 e. The lowest BCUT2D eigenvalue weighted by atomic mass is 9.94. The summed E-state index contributed by atoms with van der Waals surface area (Å²) in [5.41, 5.74) is -1.46. The third-order valence-electron chi connectivity index (χ3n) is 6.04. The Bertz CT molecular complexity index is 789. The molecule has 1 aromatic rings. The number of carbonyl (C=O) groups is 1. The molecule has 0 radical (unpaired) electrons. The van der Waals surface area contributed by atoms with E-state index in [0.717, 1.165) is 44.4 Å². The first-order chi connectivity index (χ1) is 14.6. The first kappa shape index (κ1) is 23.3. The van der Waals surface area contributed by atoms with Gasteiger partial charge in [-0.3, -0.25) is 14.9 Å². The van der Waals surface area contributed by atoms with Crippen LogP contribution < -0.4 is 10.2 Å². The summed E-state index contributed by atoms with van der Waals surface area (Å²) in [7, 11) is 0. The van der Waals surface area contributed by atoms with Crippen molar-refractivity contribution in [3.63, 3.8) is 0 Å². The van der Waals surface area contributed by atoms with Crippen LogP contribution in [0, 0.1) is 16.0 Å². The van der Waals surface area contributed by atoms with Gasteiger partial charge in [-0.15, -0.1) is 0 Å². The highest BCUT2D eigenvalue weighted by Gasteiger charge is 2.35. The summed E-state index contributed by atoms with van der Waals surface area (Å²) in [5, 5.41) is 14.4. The van der Waals surface area contributed by atoms with Crippen LogP contribution in [0.2, 0.25) is 0 Å². The van der Waals surface area contributed by atoms with Crippen molar-refractivity contribution < 1.29 is 27.6 Å². The second-order valence-electron chi connectivity index (χ2n) is 8.34. The fraction of sp³-hybridized carbons (Fsp3) is 0.667. The molecule has 1 amide bonds. The number of benzene rings is 1. The molecule has 2 saturated heterocycles. The van der Waals surface area contributed by atoms with E-state index >= 15 is 0 Å². The first-order valence-electron chi connectivity index (χ1n) is 10.7. The number of hydrogen-bond donors (Lipinski definition) is 1. The van der Waals surface area contributed by atoms with Gasteiger partial charge >= 0.3 is 6.18 Å². The minimum Gasteiger partial charge on any atom is -0.378 e. The highest BCUT2D eigenvalue weighted by Crippen LogP contribution is 2.37. The van der Waals surface area contributed by atoms with Crippen molar-refractivity contribution in [2.24, 2.45) is 5.92 Å². The number of alkyl halides is 3. The van der Waals surface area contributed by atoms with E-state index in [9.17, 15) is 28.1 Å². The Kier molecular flexibility index (Phi) is 7.40. The molecular formula is C21H28F3N3O4. The van der Waals surface area contributed by atoms with E-state index < -0.39 is 22.4 Å². The Morgan fingerprint density at radius 3 is 2.61 bits per heavy atom. The Labute approximate surface area is 179 Å². The van der Waals surface area contributed by atoms with Crippen molar-refractivity contribution in [1.82, 2.24) is 5.32 Å². The van der Waals surface area contributed by atoms with Crippen molar-refractivity contribution in [3.8, 4) is 0 Å². The number of halogens is 3. The molecule has 0 spiro atoms. The third-order valence-corrected chi connectivity index (χ3v) is 6.04. The molecular weight excluding hydrogens is 415 g/mol. The van der Waals surface area contributed by atoms with Gasteiger partial charge in [-0.25, -0.2) is 0 Å². The quantitative estimate of drug-likeness (QED) is 0.502. The van der Waals surface area contributed by atoms with Gasteiger partial charge in [0.1, 0.15) is 5.69 Å². The van der Waals surface area contributed by atoms with Crippen LogP contribution in [0.3, 0.4) is 0 Å². The molecule has 2 aliphatic rings. The average Bonchev–Trinajstić information content (AvgIpc) is 3.25. The normalized spacial score (nSPS) is 21.2. The van der Waals surface area contributed by atoms with Gasteiger partial charge in [0.05, 0.1) is 16.6 Å². The summed E-state index contributed by atoms with van der Waals surface area (Å²) >= 11 is 0. The maximum atomic E-state index is 12.9. The minimum atomic E-state index is -4.64. The smallest absolute Gasteiger partial charge is 0.378 e. The number of nitrogens with one attached hydrogen (secondary N) is 1. The second-order valence-corrected chi connectivity index (χ2v) is 8.34. The summed E-state index contributed by atoms with van der Waals surface area (Å²) in [6.45, 7) is 3.51. The molecule has 2 unspecified atom stereocenters. The lowest BCUT2D eigenvalue weighted by Gasteiger charge is -2.33. The van der Waals surface area contributed by atoms with E-state index in [1.54, 1.807) is 4.90 Å². The fourth-order valence-electron chi connectivity index (χ4n) is 4.24. The standard InChI is InChI=1S/C21H28F3N3O4/c1-14(4-6-17-3-2-12-31-17)25-20(28)15-8-10-26(11-9-15)18-7-5-16(21(22,23)24)13-19(18)27(29)30/h5,7,13-15,17H,2-4,6,8-12H2,1H3,(H,25,28). The first-order valence-corrected chi connectivity index (χ1v) is 10.7.